The molecule has 5 rings (SSSR count). The van der Waals surface area contributed by atoms with Gasteiger partial charge in [-0.2, -0.15) is 0 Å². The summed E-state index contributed by atoms with van der Waals surface area (Å²) in [6.07, 6.45) is 5.11. The Labute approximate surface area is 215 Å². The topological polar surface area (TPSA) is 100 Å². The van der Waals surface area contributed by atoms with Crippen LogP contribution in [0, 0.1) is 13.8 Å². The van der Waals surface area contributed by atoms with Crippen LogP contribution in [0.15, 0.2) is 65.7 Å². The predicted octanol–water partition coefficient (Wildman–Crippen LogP) is 4.64. The van der Waals surface area contributed by atoms with Crippen LogP contribution in [0.25, 0.3) is 11.3 Å². The first-order valence-electron chi connectivity index (χ1n) is 12.4. The number of hydrogen-bond acceptors (Lipinski definition) is 6. The number of carbonyl (C=O) groups is 1. The van der Waals surface area contributed by atoms with Crippen LogP contribution in [0.3, 0.4) is 0 Å². The molecule has 8 nitrogen and oxygen atoms in total. The molecular formula is C29H30N4O4. The number of hydrogen-bond donors (Lipinski definition) is 2. The van der Waals surface area contributed by atoms with E-state index in [9.17, 15) is 14.7 Å². The first kappa shape index (κ1) is 24.4. The second-order valence-corrected chi connectivity index (χ2v) is 9.52. The van der Waals surface area contributed by atoms with Crippen LogP contribution < -0.4 is 15.3 Å². The van der Waals surface area contributed by atoms with Crippen LogP contribution in [0.1, 0.15) is 45.9 Å². The van der Waals surface area contributed by atoms with Crippen molar-refractivity contribution >= 4 is 11.6 Å². The SMILES string of the molecule is COc1cccc(-c2cn(C3CCN(c4cc(C(=O)c5cc(C)c(O)c(C)c5)ccn4)CC3)c(=O)[nH]2)c1. The molecule has 0 unspecified atom stereocenters. The Kier molecular flexibility index (Phi) is 6.56. The molecule has 2 aromatic heterocycles. The maximum atomic E-state index is 13.2. The van der Waals surface area contributed by atoms with Gasteiger partial charge in [-0.3, -0.25) is 9.36 Å². The molecule has 0 radical (unpaired) electrons. The maximum Gasteiger partial charge on any atom is 0.326 e. The molecule has 8 heteroatoms. The van der Waals surface area contributed by atoms with Crippen molar-refractivity contribution < 1.29 is 14.6 Å². The van der Waals surface area contributed by atoms with Gasteiger partial charge in [-0.1, -0.05) is 12.1 Å². The van der Waals surface area contributed by atoms with E-state index in [0.717, 1.165) is 48.8 Å². The lowest BCUT2D eigenvalue weighted by Gasteiger charge is -2.33. The van der Waals surface area contributed by atoms with Crippen molar-refractivity contribution in [1.82, 2.24) is 14.5 Å². The van der Waals surface area contributed by atoms with E-state index in [4.69, 9.17) is 4.74 Å². The second kappa shape index (κ2) is 9.97. The fraction of sp³-hybridized carbons (Fsp3) is 0.276. The molecule has 1 aliphatic rings. The van der Waals surface area contributed by atoms with Crippen LogP contribution >= 0.6 is 0 Å². The first-order valence-corrected chi connectivity index (χ1v) is 12.4. The summed E-state index contributed by atoms with van der Waals surface area (Å²) >= 11 is 0. The van der Waals surface area contributed by atoms with Crippen molar-refractivity contribution in [2.45, 2.75) is 32.7 Å². The number of aromatic hydroxyl groups is 1. The lowest BCUT2D eigenvalue weighted by atomic mass is 9.99. The van der Waals surface area contributed by atoms with Gasteiger partial charge >= 0.3 is 5.69 Å². The highest BCUT2D eigenvalue weighted by atomic mass is 16.5. The minimum atomic E-state index is -0.124. The van der Waals surface area contributed by atoms with E-state index in [1.165, 1.54) is 0 Å². The van der Waals surface area contributed by atoms with Gasteiger partial charge in [0.15, 0.2) is 5.78 Å². The number of phenols is 1. The molecule has 0 bridgehead atoms. The fourth-order valence-electron chi connectivity index (χ4n) is 4.98. The number of nitrogens with one attached hydrogen (secondary N) is 1. The molecule has 0 atom stereocenters. The summed E-state index contributed by atoms with van der Waals surface area (Å²) in [6.45, 7) is 5.02. The van der Waals surface area contributed by atoms with Gasteiger partial charge in [0.1, 0.15) is 17.3 Å². The Bertz CT molecular complexity index is 1490. The smallest absolute Gasteiger partial charge is 0.326 e. The van der Waals surface area contributed by atoms with E-state index >= 15 is 0 Å². The third-order valence-corrected chi connectivity index (χ3v) is 7.07. The number of benzene rings is 2. The monoisotopic (exact) mass is 498 g/mol. The molecule has 3 heterocycles. The maximum absolute atomic E-state index is 13.2. The highest BCUT2D eigenvalue weighted by Crippen LogP contribution is 2.29. The molecule has 0 amide bonds. The highest BCUT2D eigenvalue weighted by molar-refractivity contribution is 6.09. The Balaban J connectivity index is 1.30. The Morgan fingerprint density at radius 1 is 1.05 bits per heavy atom. The van der Waals surface area contributed by atoms with Gasteiger partial charge in [0, 0.05) is 48.2 Å². The number of piperidine rings is 1. The quantitative estimate of drug-likeness (QED) is 0.376. The number of aryl methyl sites for hydroxylation is 2. The summed E-state index contributed by atoms with van der Waals surface area (Å²) in [5.74, 6) is 1.60. The van der Waals surface area contributed by atoms with E-state index in [2.05, 4.69) is 14.9 Å². The number of anilines is 1. The number of phenolic OH excluding ortho intramolecular Hbond substituents is 1. The molecule has 37 heavy (non-hydrogen) atoms. The lowest BCUT2D eigenvalue weighted by Crippen LogP contribution is -2.37. The summed E-state index contributed by atoms with van der Waals surface area (Å²) in [4.78, 5) is 35.5. The number of imidazole rings is 1. The number of rotatable bonds is 6. The predicted molar refractivity (Wildman–Crippen MR) is 143 cm³/mol. The number of ketones is 1. The molecule has 0 spiro atoms. The van der Waals surface area contributed by atoms with Crippen molar-refractivity contribution in [2.24, 2.45) is 0 Å². The fourth-order valence-corrected chi connectivity index (χ4v) is 4.98. The van der Waals surface area contributed by atoms with E-state index in [0.29, 0.717) is 22.3 Å². The number of aromatic nitrogens is 3. The van der Waals surface area contributed by atoms with Gasteiger partial charge in [-0.15, -0.1) is 0 Å². The molecule has 4 aromatic rings. The van der Waals surface area contributed by atoms with Gasteiger partial charge in [0.2, 0.25) is 0 Å². The molecule has 1 aliphatic heterocycles. The van der Waals surface area contributed by atoms with Crippen molar-refractivity contribution in [3.8, 4) is 22.8 Å². The van der Waals surface area contributed by atoms with Crippen molar-refractivity contribution in [3.05, 3.63) is 93.7 Å². The number of ether oxygens (including phenoxy) is 1. The third kappa shape index (κ3) is 4.87. The summed E-state index contributed by atoms with van der Waals surface area (Å²) in [7, 11) is 1.62. The number of aromatic amines is 1. The van der Waals surface area contributed by atoms with Crippen molar-refractivity contribution in [1.29, 1.82) is 0 Å². The third-order valence-electron chi connectivity index (χ3n) is 7.07. The number of carbonyl (C=O) groups excluding carboxylic acids is 1. The van der Waals surface area contributed by atoms with E-state index in [1.54, 1.807) is 49.9 Å². The zero-order valence-corrected chi connectivity index (χ0v) is 21.2. The van der Waals surface area contributed by atoms with Crippen molar-refractivity contribution in [2.75, 3.05) is 25.1 Å². The van der Waals surface area contributed by atoms with Gasteiger partial charge < -0.3 is 19.7 Å². The standard InChI is InChI=1S/C29H30N4O4/c1-18-13-22(14-19(2)27(18)34)28(35)21-7-10-30-26(16-21)32-11-8-23(9-12-32)33-17-25(31-29(33)36)20-5-4-6-24(15-20)37-3/h4-7,10,13-17,23,34H,8-9,11-12H2,1-3H3,(H,31,36). The van der Waals surface area contributed by atoms with Gasteiger partial charge in [-0.25, -0.2) is 9.78 Å². The van der Waals surface area contributed by atoms with E-state index < -0.39 is 0 Å². The zero-order chi connectivity index (χ0) is 26.1. The number of nitrogens with zero attached hydrogens (tertiary/aromatic N) is 3. The average molecular weight is 499 g/mol. The summed E-state index contributed by atoms with van der Waals surface area (Å²) < 4.78 is 7.09. The van der Waals surface area contributed by atoms with Gasteiger partial charge in [0.25, 0.3) is 0 Å². The first-order chi connectivity index (χ1) is 17.8. The van der Waals surface area contributed by atoms with Gasteiger partial charge in [-0.05, 0) is 74.2 Å². The van der Waals surface area contributed by atoms with E-state index in [1.807, 2.05) is 36.5 Å². The molecule has 190 valence electrons. The van der Waals surface area contributed by atoms with Crippen LogP contribution in [0.5, 0.6) is 11.5 Å². The van der Waals surface area contributed by atoms with E-state index in [-0.39, 0.29) is 23.3 Å². The highest BCUT2D eigenvalue weighted by Gasteiger charge is 2.24. The summed E-state index contributed by atoms with van der Waals surface area (Å²) in [5.41, 5.74) is 3.99. The zero-order valence-electron chi connectivity index (χ0n) is 21.2. The molecule has 2 aromatic carbocycles. The molecular weight excluding hydrogens is 468 g/mol. The molecule has 0 aliphatic carbocycles. The molecule has 1 saturated heterocycles. The normalized spacial score (nSPS) is 14.1. The lowest BCUT2D eigenvalue weighted by molar-refractivity contribution is 0.103. The second-order valence-electron chi connectivity index (χ2n) is 9.52. The van der Waals surface area contributed by atoms with Crippen LogP contribution in [-0.4, -0.2) is 45.6 Å². The van der Waals surface area contributed by atoms with Crippen LogP contribution in [0.4, 0.5) is 5.82 Å². The van der Waals surface area contributed by atoms with Gasteiger partial charge in [0.05, 0.1) is 12.8 Å². The molecule has 2 N–H and O–H groups in total. The largest absolute Gasteiger partial charge is 0.507 e. The summed E-state index contributed by atoms with van der Waals surface area (Å²) in [5, 5.41) is 10.0. The van der Waals surface area contributed by atoms with Crippen LogP contribution in [-0.2, 0) is 0 Å². The Morgan fingerprint density at radius 2 is 1.78 bits per heavy atom. The Hall–Kier alpha value is -4.33. The Morgan fingerprint density at radius 3 is 2.49 bits per heavy atom. The van der Waals surface area contributed by atoms with Crippen LogP contribution in [0.2, 0.25) is 0 Å². The number of pyridine rings is 1. The minimum absolute atomic E-state index is 0.0760. The van der Waals surface area contributed by atoms with Crippen molar-refractivity contribution in [3.63, 3.8) is 0 Å². The average Bonchev–Trinajstić information content (AvgIpc) is 3.32. The molecule has 0 saturated carbocycles. The number of H-pyrrole nitrogens is 1. The summed E-state index contributed by atoms with van der Waals surface area (Å²) in [6, 6.07) is 14.7. The minimum Gasteiger partial charge on any atom is -0.507 e. The molecule has 1 fully saturated rings. The number of methoxy groups -OCH3 is 1.